The summed E-state index contributed by atoms with van der Waals surface area (Å²) in [5, 5.41) is 17.5. The quantitative estimate of drug-likeness (QED) is 0.419. The lowest BCUT2D eigenvalue weighted by Crippen LogP contribution is -2.73. The summed E-state index contributed by atoms with van der Waals surface area (Å²) >= 11 is 0. The second-order valence-corrected chi connectivity index (χ2v) is 12.2. The first kappa shape index (κ1) is 29.1. The van der Waals surface area contributed by atoms with Crippen LogP contribution in [0.1, 0.15) is 70.4 Å². The molecule has 0 spiro atoms. The van der Waals surface area contributed by atoms with Gasteiger partial charge in [-0.3, -0.25) is 15.4 Å². The molecule has 1 aliphatic heterocycles. The van der Waals surface area contributed by atoms with E-state index in [0.29, 0.717) is 31.2 Å². The van der Waals surface area contributed by atoms with Crippen LogP contribution < -0.4 is 10.6 Å². The molecule has 1 heterocycles. The molecule has 1 aliphatic carbocycles. The molecule has 2 aromatic carbocycles. The topological polar surface area (TPSA) is 90.9 Å². The van der Waals surface area contributed by atoms with Gasteiger partial charge in [-0.2, -0.15) is 0 Å². The largest absolute Gasteiger partial charge is 0.445 e. The zero-order chi connectivity index (χ0) is 27.9. The highest BCUT2D eigenvalue weighted by Gasteiger charge is 2.51. The fourth-order valence-electron chi connectivity index (χ4n) is 6.01. The molecule has 2 aromatic rings. The Balaban J connectivity index is 1.51. The summed E-state index contributed by atoms with van der Waals surface area (Å²) in [5.74, 6) is 0.638. The molecular formula is C32H45N3O4. The van der Waals surface area contributed by atoms with Crippen molar-refractivity contribution in [1.29, 1.82) is 0 Å². The molecule has 0 bridgehead atoms. The predicted octanol–water partition coefficient (Wildman–Crippen LogP) is 5.03. The fraction of sp³-hybridized carbons (Fsp3) is 0.562. The Labute approximate surface area is 233 Å². The lowest BCUT2D eigenvalue weighted by molar-refractivity contribution is -0.150. The molecule has 0 aromatic heterocycles. The average molecular weight is 536 g/mol. The zero-order valence-electron chi connectivity index (χ0n) is 23.7. The molecule has 1 saturated heterocycles. The van der Waals surface area contributed by atoms with Crippen molar-refractivity contribution >= 4 is 12.0 Å². The van der Waals surface area contributed by atoms with Gasteiger partial charge in [0.1, 0.15) is 6.61 Å². The van der Waals surface area contributed by atoms with Crippen LogP contribution in [0.5, 0.6) is 0 Å². The third kappa shape index (κ3) is 7.83. The number of aliphatic hydroxyl groups excluding tert-OH is 1. The molecule has 212 valence electrons. The molecule has 3 N–H and O–H groups in total. The third-order valence-electron chi connectivity index (χ3n) is 8.25. The number of carbonyl (C=O) groups is 2. The van der Waals surface area contributed by atoms with Gasteiger partial charge in [-0.1, -0.05) is 73.5 Å². The number of benzene rings is 2. The van der Waals surface area contributed by atoms with Crippen LogP contribution in [0.25, 0.3) is 0 Å². The number of carbonyl (C=O) groups excluding carboxylic acids is 2. The van der Waals surface area contributed by atoms with E-state index in [0.717, 1.165) is 36.8 Å². The van der Waals surface area contributed by atoms with Gasteiger partial charge in [0, 0.05) is 18.6 Å². The third-order valence-corrected chi connectivity index (χ3v) is 8.25. The summed E-state index contributed by atoms with van der Waals surface area (Å²) in [6.45, 7) is 6.91. The highest BCUT2D eigenvalue weighted by Crippen LogP contribution is 2.39. The number of piperidine rings is 1. The molecule has 2 aliphatic rings. The maximum atomic E-state index is 14.4. The van der Waals surface area contributed by atoms with Crippen molar-refractivity contribution < 1.29 is 19.4 Å². The number of alkyl carbamates (subject to hydrolysis) is 1. The van der Waals surface area contributed by atoms with E-state index in [1.54, 1.807) is 4.90 Å². The van der Waals surface area contributed by atoms with Gasteiger partial charge in [0.05, 0.1) is 6.10 Å². The van der Waals surface area contributed by atoms with Crippen molar-refractivity contribution in [3.8, 4) is 0 Å². The van der Waals surface area contributed by atoms with E-state index in [9.17, 15) is 14.7 Å². The van der Waals surface area contributed by atoms with E-state index < -0.39 is 23.4 Å². The SMILES string of the molecule is CC(C)(C)N(CC(O)CCc1ccccc1)C(=O)C1(NC(=O)OCc2ccccc2)CC2CCCCC2CN1. The van der Waals surface area contributed by atoms with E-state index in [1.807, 2.05) is 81.4 Å². The lowest BCUT2D eigenvalue weighted by atomic mass is 9.71. The molecule has 4 atom stereocenters. The Kier molecular flexibility index (Phi) is 9.67. The fourth-order valence-corrected chi connectivity index (χ4v) is 6.01. The zero-order valence-corrected chi connectivity index (χ0v) is 23.7. The van der Waals surface area contributed by atoms with E-state index in [4.69, 9.17) is 4.74 Å². The lowest BCUT2D eigenvalue weighted by Gasteiger charge is -2.50. The highest BCUT2D eigenvalue weighted by molar-refractivity contribution is 5.90. The van der Waals surface area contributed by atoms with Crippen LogP contribution in [0.2, 0.25) is 0 Å². The first-order valence-electron chi connectivity index (χ1n) is 14.4. The van der Waals surface area contributed by atoms with Gasteiger partial charge in [0.25, 0.3) is 5.91 Å². The number of aryl methyl sites for hydroxylation is 1. The van der Waals surface area contributed by atoms with Crippen molar-refractivity contribution in [3.05, 3.63) is 71.8 Å². The Morgan fingerprint density at radius 3 is 2.28 bits per heavy atom. The van der Waals surface area contributed by atoms with E-state index in [1.165, 1.54) is 6.42 Å². The average Bonchev–Trinajstić information content (AvgIpc) is 2.94. The number of nitrogens with one attached hydrogen (secondary N) is 2. The predicted molar refractivity (Wildman–Crippen MR) is 153 cm³/mol. The molecule has 4 rings (SSSR count). The van der Waals surface area contributed by atoms with Gasteiger partial charge in [-0.15, -0.1) is 0 Å². The number of hydrogen-bond donors (Lipinski definition) is 3. The highest BCUT2D eigenvalue weighted by atomic mass is 16.5. The first-order valence-corrected chi connectivity index (χ1v) is 14.4. The maximum Gasteiger partial charge on any atom is 0.409 e. The number of aliphatic hydroxyl groups is 1. The minimum atomic E-state index is -1.28. The summed E-state index contributed by atoms with van der Waals surface area (Å²) in [5.41, 5.74) is 0.202. The standard InChI is InChI=1S/C32H45N3O4/c1-31(2,3)35(22-28(36)19-18-24-12-6-4-7-13-24)29(37)32(20-26-16-10-11-17-27(26)21-33-32)34-30(38)39-23-25-14-8-5-9-15-25/h4-9,12-15,26-28,33,36H,10-11,16-23H2,1-3H3,(H,34,38). The maximum absolute atomic E-state index is 14.4. The Morgan fingerprint density at radius 1 is 1.03 bits per heavy atom. The Morgan fingerprint density at radius 2 is 1.64 bits per heavy atom. The van der Waals surface area contributed by atoms with Gasteiger partial charge >= 0.3 is 6.09 Å². The number of fused-ring (bicyclic) bond motifs is 1. The van der Waals surface area contributed by atoms with Gasteiger partial charge < -0.3 is 14.7 Å². The van der Waals surface area contributed by atoms with Crippen LogP contribution >= 0.6 is 0 Å². The second-order valence-electron chi connectivity index (χ2n) is 12.2. The molecule has 4 unspecified atom stereocenters. The number of β-amino-alcohol motifs (C(OH)–C–C–N with tert-alkyl or cyclic N) is 1. The van der Waals surface area contributed by atoms with Crippen molar-refractivity contribution in [1.82, 2.24) is 15.5 Å². The van der Waals surface area contributed by atoms with Crippen molar-refractivity contribution in [2.45, 2.75) is 89.6 Å². The Hall–Kier alpha value is -2.90. The van der Waals surface area contributed by atoms with Crippen LogP contribution in [0.15, 0.2) is 60.7 Å². The molecular weight excluding hydrogens is 490 g/mol. The second kappa shape index (κ2) is 13.0. The smallest absolute Gasteiger partial charge is 0.409 e. The van der Waals surface area contributed by atoms with E-state index >= 15 is 0 Å². The van der Waals surface area contributed by atoms with Crippen LogP contribution in [-0.2, 0) is 22.6 Å². The van der Waals surface area contributed by atoms with Crippen molar-refractivity contribution in [3.63, 3.8) is 0 Å². The molecule has 7 heteroatoms. The number of amides is 2. The van der Waals surface area contributed by atoms with Crippen LogP contribution in [0.3, 0.4) is 0 Å². The molecule has 39 heavy (non-hydrogen) atoms. The number of ether oxygens (including phenoxy) is 1. The number of rotatable bonds is 9. The summed E-state index contributed by atoms with van der Waals surface area (Å²) < 4.78 is 5.57. The van der Waals surface area contributed by atoms with Crippen LogP contribution in [-0.4, -0.2) is 52.4 Å². The summed E-state index contributed by atoms with van der Waals surface area (Å²) in [7, 11) is 0. The van der Waals surface area contributed by atoms with E-state index in [2.05, 4.69) is 10.6 Å². The molecule has 0 radical (unpaired) electrons. The van der Waals surface area contributed by atoms with Crippen molar-refractivity contribution in [2.75, 3.05) is 13.1 Å². The summed E-state index contributed by atoms with van der Waals surface area (Å²) in [6.07, 6.45) is 5.02. The van der Waals surface area contributed by atoms with Crippen LogP contribution in [0, 0.1) is 11.8 Å². The molecule has 2 amide bonds. The van der Waals surface area contributed by atoms with Gasteiger partial charge in [-0.05, 0) is 75.8 Å². The minimum Gasteiger partial charge on any atom is -0.445 e. The summed E-state index contributed by atoms with van der Waals surface area (Å²) in [4.78, 5) is 29.3. The minimum absolute atomic E-state index is 0.129. The molecule has 2 fully saturated rings. The van der Waals surface area contributed by atoms with E-state index in [-0.39, 0.29) is 19.1 Å². The normalized spacial score (nSPS) is 23.8. The van der Waals surface area contributed by atoms with Gasteiger partial charge in [0.15, 0.2) is 5.66 Å². The summed E-state index contributed by atoms with van der Waals surface area (Å²) in [6, 6.07) is 19.6. The number of hydrogen-bond acceptors (Lipinski definition) is 5. The van der Waals surface area contributed by atoms with Crippen molar-refractivity contribution in [2.24, 2.45) is 11.8 Å². The van der Waals surface area contributed by atoms with Gasteiger partial charge in [-0.25, -0.2) is 4.79 Å². The molecule has 1 saturated carbocycles. The number of nitrogens with zero attached hydrogens (tertiary/aromatic N) is 1. The molecule has 7 nitrogen and oxygen atoms in total. The first-order chi connectivity index (χ1) is 18.7. The monoisotopic (exact) mass is 535 g/mol. The Bertz CT molecular complexity index is 1070. The van der Waals surface area contributed by atoms with Crippen LogP contribution in [0.4, 0.5) is 4.79 Å². The van der Waals surface area contributed by atoms with Gasteiger partial charge in [0.2, 0.25) is 0 Å².